The van der Waals surface area contributed by atoms with Gasteiger partial charge in [-0.25, -0.2) is 0 Å². The quantitative estimate of drug-likeness (QED) is 0.315. The van der Waals surface area contributed by atoms with Crippen molar-refractivity contribution < 1.29 is 5.11 Å². The Balaban J connectivity index is 1.55. The highest BCUT2D eigenvalue weighted by Gasteiger charge is 2.34. The lowest BCUT2D eigenvalue weighted by molar-refractivity contribution is 0.0103. The van der Waals surface area contributed by atoms with Crippen molar-refractivity contribution in [3.8, 4) is 6.07 Å². The van der Waals surface area contributed by atoms with Gasteiger partial charge in [0, 0.05) is 48.5 Å². The number of piperazine rings is 1. The Morgan fingerprint density at radius 2 is 1.76 bits per heavy atom. The number of nitrogens with zero attached hydrogens (tertiary/aromatic N) is 3. The van der Waals surface area contributed by atoms with Crippen molar-refractivity contribution in [2.75, 3.05) is 37.6 Å². The number of hydrogen-bond acceptors (Lipinski definition) is 5. The van der Waals surface area contributed by atoms with Gasteiger partial charge < -0.3 is 15.3 Å². The summed E-state index contributed by atoms with van der Waals surface area (Å²) in [5, 5.41) is 25.9. The van der Waals surface area contributed by atoms with E-state index in [-0.39, 0.29) is 6.04 Å². The zero-order valence-electron chi connectivity index (χ0n) is 21.9. The van der Waals surface area contributed by atoms with Crippen LogP contribution in [0.5, 0.6) is 0 Å². The molecule has 3 aromatic carbocycles. The Labute approximate surface area is 235 Å². The lowest BCUT2D eigenvalue weighted by atomic mass is 9.92. The van der Waals surface area contributed by atoms with Crippen LogP contribution in [-0.2, 0) is 5.60 Å². The number of β-amino-alcohol motifs (C(OH)–C–C–N with tert-alkyl or cyclic N) is 1. The van der Waals surface area contributed by atoms with E-state index in [1.807, 2.05) is 67.6 Å². The SMILES string of the molecule is C=C(NCCC)c1ccc([C@](C)(O)CN2CCN(c3ccc(Cl)cc3C#N)C(c3ccc(Cl)cc3)C2)cc1. The van der Waals surface area contributed by atoms with Gasteiger partial charge in [0.15, 0.2) is 0 Å². The highest BCUT2D eigenvalue weighted by molar-refractivity contribution is 6.31. The van der Waals surface area contributed by atoms with E-state index in [9.17, 15) is 10.4 Å². The minimum atomic E-state index is -1.04. The van der Waals surface area contributed by atoms with Gasteiger partial charge in [-0.15, -0.1) is 0 Å². The molecular weight excluding hydrogens is 515 g/mol. The van der Waals surface area contributed by atoms with Crippen LogP contribution in [0.25, 0.3) is 5.70 Å². The smallest absolute Gasteiger partial charge is 0.101 e. The molecule has 1 fully saturated rings. The van der Waals surface area contributed by atoms with Gasteiger partial charge in [0.1, 0.15) is 6.07 Å². The molecule has 1 unspecified atom stereocenters. The zero-order chi connectivity index (χ0) is 27.3. The molecule has 38 heavy (non-hydrogen) atoms. The number of rotatable bonds is 9. The second-order valence-electron chi connectivity index (χ2n) is 10.0. The maximum atomic E-state index is 11.5. The highest BCUT2D eigenvalue weighted by atomic mass is 35.5. The summed E-state index contributed by atoms with van der Waals surface area (Å²) in [6, 6.07) is 23.5. The van der Waals surface area contributed by atoms with E-state index >= 15 is 0 Å². The van der Waals surface area contributed by atoms with Gasteiger partial charge in [-0.2, -0.15) is 5.26 Å². The fourth-order valence-corrected chi connectivity index (χ4v) is 5.32. The van der Waals surface area contributed by atoms with Gasteiger partial charge in [0.25, 0.3) is 0 Å². The van der Waals surface area contributed by atoms with Crippen LogP contribution in [0.1, 0.15) is 48.6 Å². The topological polar surface area (TPSA) is 62.5 Å². The minimum absolute atomic E-state index is 0.0274. The normalized spacial score (nSPS) is 17.5. The summed E-state index contributed by atoms with van der Waals surface area (Å²) in [5.41, 5.74) is 4.23. The van der Waals surface area contributed by atoms with Crippen molar-refractivity contribution in [2.45, 2.75) is 31.9 Å². The van der Waals surface area contributed by atoms with Crippen molar-refractivity contribution in [2.24, 2.45) is 0 Å². The Morgan fingerprint density at radius 3 is 2.42 bits per heavy atom. The largest absolute Gasteiger partial charge is 0.385 e. The summed E-state index contributed by atoms with van der Waals surface area (Å²) in [7, 11) is 0. The lowest BCUT2D eigenvalue weighted by Gasteiger charge is -2.45. The van der Waals surface area contributed by atoms with Crippen LogP contribution in [0, 0.1) is 11.3 Å². The maximum absolute atomic E-state index is 11.5. The molecule has 0 spiro atoms. The van der Waals surface area contributed by atoms with Crippen LogP contribution in [0.4, 0.5) is 5.69 Å². The monoisotopic (exact) mass is 548 g/mol. The van der Waals surface area contributed by atoms with Crippen LogP contribution < -0.4 is 10.2 Å². The number of benzene rings is 3. The molecule has 1 aliphatic rings. The molecule has 0 amide bonds. The zero-order valence-corrected chi connectivity index (χ0v) is 23.4. The van der Waals surface area contributed by atoms with Crippen LogP contribution in [0.15, 0.2) is 73.3 Å². The molecule has 2 N–H and O–H groups in total. The molecule has 0 aromatic heterocycles. The summed E-state index contributed by atoms with van der Waals surface area (Å²) in [6.07, 6.45) is 1.03. The molecule has 198 valence electrons. The van der Waals surface area contributed by atoms with Crippen molar-refractivity contribution in [3.63, 3.8) is 0 Å². The third-order valence-corrected chi connectivity index (χ3v) is 7.57. The first-order valence-corrected chi connectivity index (χ1v) is 13.7. The van der Waals surface area contributed by atoms with E-state index in [1.165, 1.54) is 0 Å². The van der Waals surface area contributed by atoms with Gasteiger partial charge in [-0.05, 0) is 60.4 Å². The predicted molar refractivity (Wildman–Crippen MR) is 157 cm³/mol. The van der Waals surface area contributed by atoms with Crippen molar-refractivity contribution >= 4 is 34.6 Å². The minimum Gasteiger partial charge on any atom is -0.385 e. The molecule has 3 aromatic rings. The van der Waals surface area contributed by atoms with Crippen LogP contribution in [0.2, 0.25) is 10.0 Å². The van der Waals surface area contributed by atoms with Crippen molar-refractivity contribution in [1.29, 1.82) is 5.26 Å². The third-order valence-electron chi connectivity index (χ3n) is 7.08. The Morgan fingerprint density at radius 1 is 1.08 bits per heavy atom. The van der Waals surface area contributed by atoms with Crippen LogP contribution >= 0.6 is 23.2 Å². The second kappa shape index (κ2) is 12.2. The second-order valence-corrected chi connectivity index (χ2v) is 10.9. The molecule has 2 atom stereocenters. The molecule has 5 nitrogen and oxygen atoms in total. The molecular formula is C31H34Cl2N4O. The van der Waals surface area contributed by atoms with E-state index in [2.05, 4.69) is 34.7 Å². The average Bonchev–Trinajstić information content (AvgIpc) is 2.92. The summed E-state index contributed by atoms with van der Waals surface area (Å²) < 4.78 is 0. The van der Waals surface area contributed by atoms with Gasteiger partial charge in [0.2, 0.25) is 0 Å². The first-order chi connectivity index (χ1) is 18.2. The van der Waals surface area contributed by atoms with E-state index in [0.717, 1.165) is 47.6 Å². The molecule has 0 radical (unpaired) electrons. The van der Waals surface area contributed by atoms with Crippen molar-refractivity contribution in [1.82, 2.24) is 10.2 Å². The summed E-state index contributed by atoms with van der Waals surface area (Å²) >= 11 is 12.4. The molecule has 0 saturated carbocycles. The first kappa shape index (κ1) is 28.0. The summed E-state index contributed by atoms with van der Waals surface area (Å²) in [5.74, 6) is 0. The fourth-order valence-electron chi connectivity index (χ4n) is 5.03. The molecule has 7 heteroatoms. The van der Waals surface area contributed by atoms with Gasteiger partial charge in [-0.1, -0.05) is 73.1 Å². The van der Waals surface area contributed by atoms with Crippen molar-refractivity contribution in [3.05, 3.63) is 106 Å². The lowest BCUT2D eigenvalue weighted by Crippen LogP contribution is -2.52. The molecule has 1 aliphatic heterocycles. The Kier molecular flexibility index (Phi) is 9.02. The van der Waals surface area contributed by atoms with Gasteiger partial charge in [-0.3, -0.25) is 4.90 Å². The van der Waals surface area contributed by atoms with E-state index in [0.29, 0.717) is 35.2 Å². The molecule has 1 saturated heterocycles. The fraction of sp³-hybridized carbons (Fsp3) is 0.323. The first-order valence-electron chi connectivity index (χ1n) is 12.9. The summed E-state index contributed by atoms with van der Waals surface area (Å²) in [4.78, 5) is 4.54. The van der Waals surface area contributed by atoms with Crippen LogP contribution in [-0.4, -0.2) is 42.7 Å². The predicted octanol–water partition coefficient (Wildman–Crippen LogP) is 6.61. The highest BCUT2D eigenvalue weighted by Crippen LogP contribution is 2.35. The maximum Gasteiger partial charge on any atom is 0.101 e. The van der Waals surface area contributed by atoms with E-state index < -0.39 is 5.60 Å². The Hall–Kier alpha value is -3.01. The number of nitrogens with one attached hydrogen (secondary N) is 1. The standard InChI is InChI=1S/C31H34Cl2N4O/c1-4-15-35-22(2)23-5-9-26(10-6-23)31(3,38)21-36-16-17-37(29-14-13-28(33)18-25(29)19-34)30(20-36)24-7-11-27(32)12-8-24/h5-14,18,30,35,38H,2,4,15-17,20-21H2,1,3H3/t30?,31-/m1/s1. The van der Waals surface area contributed by atoms with Crippen LogP contribution in [0.3, 0.4) is 0 Å². The molecule has 1 heterocycles. The molecule has 4 rings (SSSR count). The van der Waals surface area contributed by atoms with E-state index in [1.54, 1.807) is 6.07 Å². The number of nitriles is 1. The molecule has 0 aliphatic carbocycles. The number of hydrogen-bond donors (Lipinski definition) is 2. The van der Waals surface area contributed by atoms with E-state index in [4.69, 9.17) is 23.2 Å². The third kappa shape index (κ3) is 6.51. The molecule has 0 bridgehead atoms. The Bertz CT molecular complexity index is 1300. The summed E-state index contributed by atoms with van der Waals surface area (Å²) in [6.45, 7) is 11.6. The van der Waals surface area contributed by atoms with Gasteiger partial charge >= 0.3 is 0 Å². The number of halogens is 2. The average molecular weight is 550 g/mol. The number of aliphatic hydroxyl groups is 1. The number of anilines is 1. The van der Waals surface area contributed by atoms with Gasteiger partial charge in [0.05, 0.1) is 22.9 Å².